The van der Waals surface area contributed by atoms with Gasteiger partial charge in [-0.2, -0.15) is 0 Å². The van der Waals surface area contributed by atoms with Crippen molar-refractivity contribution in [2.45, 2.75) is 6.92 Å². The van der Waals surface area contributed by atoms with E-state index in [4.69, 9.17) is 5.73 Å². The molecule has 0 atom stereocenters. The van der Waals surface area contributed by atoms with Crippen LogP contribution in [0.25, 0.3) is 5.57 Å². The summed E-state index contributed by atoms with van der Waals surface area (Å²) in [5.41, 5.74) is 10.7. The van der Waals surface area contributed by atoms with Crippen molar-refractivity contribution in [2.75, 3.05) is 11.1 Å². The molecule has 0 aliphatic heterocycles. The van der Waals surface area contributed by atoms with Crippen LogP contribution in [-0.2, 0) is 0 Å². The van der Waals surface area contributed by atoms with Crippen molar-refractivity contribution in [3.63, 3.8) is 0 Å². The minimum absolute atomic E-state index is 0.822. The first-order valence-corrected chi connectivity index (χ1v) is 8.91. The fraction of sp³-hybridized carbons (Fsp3) is 0.0400. The van der Waals surface area contributed by atoms with E-state index in [0.29, 0.717) is 0 Å². The van der Waals surface area contributed by atoms with Crippen LogP contribution in [0.2, 0.25) is 0 Å². The lowest BCUT2D eigenvalue weighted by Gasteiger charge is -2.09. The van der Waals surface area contributed by atoms with Crippen molar-refractivity contribution in [3.05, 3.63) is 121 Å². The zero-order chi connectivity index (χ0) is 19.3. The molecule has 0 unspecified atom stereocenters. The molecule has 2 nitrogen and oxygen atoms in total. The van der Waals surface area contributed by atoms with Crippen LogP contribution >= 0.6 is 0 Å². The summed E-state index contributed by atoms with van der Waals surface area (Å²) in [6.07, 6.45) is 7.95. The van der Waals surface area contributed by atoms with E-state index in [0.717, 1.165) is 22.6 Å². The van der Waals surface area contributed by atoms with Crippen LogP contribution in [0.15, 0.2) is 116 Å². The van der Waals surface area contributed by atoms with Crippen LogP contribution in [0.1, 0.15) is 12.5 Å². The fourth-order valence-electron chi connectivity index (χ4n) is 2.47. The molecule has 136 valence electrons. The first kappa shape index (κ1) is 19.8. The van der Waals surface area contributed by atoms with Crippen molar-refractivity contribution >= 4 is 22.6 Å². The summed E-state index contributed by atoms with van der Waals surface area (Å²) in [6.45, 7) is 5.79. The molecule has 0 aliphatic carbocycles. The zero-order valence-corrected chi connectivity index (χ0v) is 15.7. The highest BCUT2D eigenvalue weighted by Crippen LogP contribution is 2.22. The van der Waals surface area contributed by atoms with Gasteiger partial charge in [0.1, 0.15) is 0 Å². The summed E-state index contributed by atoms with van der Waals surface area (Å²) in [7, 11) is 0. The summed E-state index contributed by atoms with van der Waals surface area (Å²) < 4.78 is 0. The van der Waals surface area contributed by atoms with Crippen molar-refractivity contribution in [2.24, 2.45) is 0 Å². The minimum Gasteiger partial charge on any atom is -0.399 e. The van der Waals surface area contributed by atoms with Crippen LogP contribution in [-0.4, -0.2) is 0 Å². The normalized spacial score (nSPS) is 10.8. The van der Waals surface area contributed by atoms with E-state index in [1.807, 2.05) is 73.7 Å². The first-order chi connectivity index (χ1) is 13.2. The second kappa shape index (κ2) is 11.2. The van der Waals surface area contributed by atoms with Crippen LogP contribution < -0.4 is 11.1 Å². The van der Waals surface area contributed by atoms with Gasteiger partial charge in [0.2, 0.25) is 0 Å². The molecule has 0 fully saturated rings. The lowest BCUT2D eigenvalue weighted by atomic mass is 10.0. The number of hydrogen-bond donors (Lipinski definition) is 2. The Bertz CT molecular complexity index is 878. The van der Waals surface area contributed by atoms with E-state index in [1.54, 1.807) is 0 Å². The molecule has 0 spiro atoms. The number of benzene rings is 3. The van der Waals surface area contributed by atoms with E-state index in [9.17, 15) is 0 Å². The number of nitrogen functional groups attached to an aromatic ring is 1. The maximum Gasteiger partial charge on any atom is 0.0390 e. The number of nitrogens with two attached hydrogens (primary N) is 1. The molecule has 0 saturated carbocycles. The molecule has 0 bridgehead atoms. The molecule has 3 aromatic carbocycles. The average Bonchev–Trinajstić information content (AvgIpc) is 2.70. The molecular formula is C25H26N2. The van der Waals surface area contributed by atoms with Crippen molar-refractivity contribution in [1.82, 2.24) is 0 Å². The van der Waals surface area contributed by atoms with Gasteiger partial charge in [0.25, 0.3) is 0 Å². The Hall–Kier alpha value is -3.52. The topological polar surface area (TPSA) is 38.0 Å². The highest BCUT2D eigenvalue weighted by molar-refractivity contribution is 5.77. The second-order valence-corrected chi connectivity index (χ2v) is 5.84. The lowest BCUT2D eigenvalue weighted by molar-refractivity contribution is 1.52. The quantitative estimate of drug-likeness (QED) is 0.388. The molecular weight excluding hydrogens is 328 g/mol. The molecule has 0 amide bonds. The summed E-state index contributed by atoms with van der Waals surface area (Å²) >= 11 is 0. The van der Waals surface area contributed by atoms with Crippen molar-refractivity contribution in [3.8, 4) is 0 Å². The highest BCUT2D eigenvalue weighted by atomic mass is 14.9. The fourth-order valence-corrected chi connectivity index (χ4v) is 2.47. The Labute approximate surface area is 162 Å². The largest absolute Gasteiger partial charge is 0.399 e. The van der Waals surface area contributed by atoms with Crippen LogP contribution in [0, 0.1) is 0 Å². The molecule has 0 aromatic heterocycles. The zero-order valence-electron chi connectivity index (χ0n) is 15.7. The van der Waals surface area contributed by atoms with Crippen LogP contribution in [0.4, 0.5) is 17.1 Å². The van der Waals surface area contributed by atoms with E-state index in [2.05, 4.69) is 54.4 Å². The smallest absolute Gasteiger partial charge is 0.0390 e. The predicted molar refractivity (Wildman–Crippen MR) is 120 cm³/mol. The number of anilines is 3. The van der Waals surface area contributed by atoms with Gasteiger partial charge in [-0.3, -0.25) is 0 Å². The third-order valence-corrected chi connectivity index (χ3v) is 3.70. The third-order valence-electron chi connectivity index (χ3n) is 3.70. The maximum atomic E-state index is 5.36. The Morgan fingerprint density at radius 1 is 0.852 bits per heavy atom. The second-order valence-electron chi connectivity index (χ2n) is 5.84. The molecule has 3 rings (SSSR count). The standard InChI is InChI=1S/C19H19N.C6H7N/c1-3-9-16(10-4-2)17-11-8-14-19(15-17)20-18-12-6-5-7-13-18;7-6-4-2-1-3-5-6/h3-15,20H,1H2,2H3;1-5H,7H2/b10-4-,16-9+;. The Balaban J connectivity index is 0.000000313. The number of allylic oxidation sites excluding steroid dienone is 5. The maximum absolute atomic E-state index is 5.36. The highest BCUT2D eigenvalue weighted by Gasteiger charge is 1.99. The predicted octanol–water partition coefficient (Wildman–Crippen LogP) is 6.84. The third kappa shape index (κ3) is 7.09. The average molecular weight is 354 g/mol. The summed E-state index contributed by atoms with van der Waals surface area (Å²) in [6, 6.07) is 28.0. The number of para-hydroxylation sites is 2. The molecule has 3 aromatic rings. The van der Waals surface area contributed by atoms with Gasteiger partial charge >= 0.3 is 0 Å². The van der Waals surface area contributed by atoms with E-state index >= 15 is 0 Å². The van der Waals surface area contributed by atoms with E-state index < -0.39 is 0 Å². The van der Waals surface area contributed by atoms with Crippen LogP contribution in [0.3, 0.4) is 0 Å². The van der Waals surface area contributed by atoms with Gasteiger partial charge < -0.3 is 11.1 Å². The molecule has 3 N–H and O–H groups in total. The molecule has 0 saturated heterocycles. The van der Waals surface area contributed by atoms with Crippen molar-refractivity contribution < 1.29 is 0 Å². The first-order valence-electron chi connectivity index (χ1n) is 8.91. The number of hydrogen-bond acceptors (Lipinski definition) is 2. The van der Waals surface area contributed by atoms with E-state index in [-0.39, 0.29) is 0 Å². The molecule has 0 aliphatic rings. The summed E-state index contributed by atoms with van der Waals surface area (Å²) in [5, 5.41) is 3.41. The molecule has 0 radical (unpaired) electrons. The summed E-state index contributed by atoms with van der Waals surface area (Å²) in [4.78, 5) is 0. The van der Waals surface area contributed by atoms with Crippen molar-refractivity contribution in [1.29, 1.82) is 0 Å². The Morgan fingerprint density at radius 2 is 1.48 bits per heavy atom. The summed E-state index contributed by atoms with van der Waals surface area (Å²) in [5.74, 6) is 0. The molecule has 2 heteroatoms. The Morgan fingerprint density at radius 3 is 2.04 bits per heavy atom. The van der Waals surface area contributed by atoms with Gasteiger partial charge in [-0.25, -0.2) is 0 Å². The van der Waals surface area contributed by atoms with Gasteiger partial charge in [-0.05, 0) is 54.5 Å². The monoisotopic (exact) mass is 354 g/mol. The van der Waals surface area contributed by atoms with Gasteiger partial charge in [0.15, 0.2) is 0 Å². The SMILES string of the molecule is C=C/C=C(\C=C/C)c1cccc(Nc2ccccc2)c1.Nc1ccccc1. The van der Waals surface area contributed by atoms with Gasteiger partial charge in [0.05, 0.1) is 0 Å². The van der Waals surface area contributed by atoms with Crippen LogP contribution in [0.5, 0.6) is 0 Å². The number of nitrogens with one attached hydrogen (secondary N) is 1. The Kier molecular flexibility index (Phi) is 8.19. The van der Waals surface area contributed by atoms with Gasteiger partial charge in [-0.1, -0.05) is 79.4 Å². The molecule has 27 heavy (non-hydrogen) atoms. The van der Waals surface area contributed by atoms with E-state index in [1.165, 1.54) is 5.56 Å². The van der Waals surface area contributed by atoms with Gasteiger partial charge in [0, 0.05) is 17.1 Å². The molecule has 0 heterocycles. The minimum atomic E-state index is 0.822. The number of rotatable bonds is 5. The van der Waals surface area contributed by atoms with Gasteiger partial charge in [-0.15, -0.1) is 0 Å². The lowest BCUT2D eigenvalue weighted by Crippen LogP contribution is -1.91.